The van der Waals surface area contributed by atoms with Gasteiger partial charge in [-0.2, -0.15) is 0 Å². The summed E-state index contributed by atoms with van der Waals surface area (Å²) in [5.74, 6) is 0.631. The Hall–Kier alpha value is -0.157. The van der Waals surface area contributed by atoms with E-state index in [0.717, 1.165) is 0 Å². The monoisotopic (exact) mass is 261 g/mol. The summed E-state index contributed by atoms with van der Waals surface area (Å²) in [7, 11) is 0. The van der Waals surface area contributed by atoms with Gasteiger partial charge >= 0.3 is 0 Å². The molecule has 0 spiro atoms. The summed E-state index contributed by atoms with van der Waals surface area (Å²) < 4.78 is 0. The van der Waals surface area contributed by atoms with Crippen LogP contribution in [0.3, 0.4) is 0 Å². The van der Waals surface area contributed by atoms with E-state index in [4.69, 9.17) is 0 Å². The van der Waals surface area contributed by atoms with Gasteiger partial charge in [-0.3, -0.25) is 0 Å². The number of rotatable bonds is 1. The van der Waals surface area contributed by atoms with Crippen LogP contribution >= 0.6 is 0 Å². The van der Waals surface area contributed by atoms with E-state index in [1.807, 2.05) is 0 Å². The van der Waals surface area contributed by atoms with Crippen LogP contribution in [0.5, 0.6) is 0 Å². The van der Waals surface area contributed by atoms with Crippen molar-refractivity contribution in [1.29, 1.82) is 0 Å². The molecule has 1 heteroatoms. The fourth-order valence-electron chi connectivity index (χ4n) is 1.75. The van der Waals surface area contributed by atoms with E-state index in [1.54, 1.807) is 0 Å². The minimum absolute atomic E-state index is 0. The molecule has 1 aliphatic carbocycles. The minimum atomic E-state index is 0. The molecule has 0 saturated heterocycles. The summed E-state index contributed by atoms with van der Waals surface area (Å²) in [6.45, 7) is 6.65. The Morgan fingerprint density at radius 1 is 1.14 bits per heavy atom. The third-order valence-corrected chi connectivity index (χ3v) is 2.66. The van der Waals surface area contributed by atoms with E-state index in [2.05, 4.69) is 51.5 Å². The van der Waals surface area contributed by atoms with Gasteiger partial charge in [0.15, 0.2) is 0 Å². The Balaban J connectivity index is 0.000000980. The van der Waals surface area contributed by atoms with Crippen LogP contribution in [-0.4, -0.2) is 0 Å². The Bertz CT molecular complexity index is 361. The first kappa shape index (κ1) is 11.9. The summed E-state index contributed by atoms with van der Waals surface area (Å²) in [5.41, 5.74) is 5.61. The fourth-order valence-corrected chi connectivity index (χ4v) is 1.75. The molecule has 14 heavy (non-hydrogen) atoms. The van der Waals surface area contributed by atoms with Crippen molar-refractivity contribution in [3.63, 3.8) is 0 Å². The van der Waals surface area contributed by atoms with Gasteiger partial charge in [-0.25, -0.2) is 0 Å². The average Bonchev–Trinajstić information content (AvgIpc) is 2.49. The number of aryl methyl sites for hydroxylation is 1. The summed E-state index contributed by atoms with van der Waals surface area (Å²) in [6, 6.07) is 6.49. The smallest absolute Gasteiger partial charge is 0.0167 e. The molecule has 0 atom stereocenters. The fraction of sp³-hybridized carbons (Fsp3) is 0.308. The van der Waals surface area contributed by atoms with Crippen molar-refractivity contribution in [3.8, 4) is 0 Å². The van der Waals surface area contributed by atoms with Crippen LogP contribution in [0.1, 0.15) is 30.5 Å². The number of allylic oxidation sites excluding steroid dienone is 1. The topological polar surface area (TPSA) is 0 Å². The Morgan fingerprint density at radius 2 is 1.86 bits per heavy atom. The zero-order valence-corrected chi connectivity index (χ0v) is 11.4. The van der Waals surface area contributed by atoms with Crippen molar-refractivity contribution in [3.05, 3.63) is 46.9 Å². The van der Waals surface area contributed by atoms with Crippen LogP contribution in [0.15, 0.2) is 23.8 Å². The van der Waals surface area contributed by atoms with Crippen molar-refractivity contribution in [2.24, 2.45) is 5.92 Å². The molecule has 71 valence electrons. The van der Waals surface area contributed by atoms with Gasteiger partial charge < -0.3 is 0 Å². The SMILES string of the molecule is Cc1cccc2c1C=C(C(C)C)[CH]2.[Zr]. The van der Waals surface area contributed by atoms with Gasteiger partial charge in [-0.1, -0.05) is 43.7 Å². The number of benzene rings is 1. The Kier molecular flexibility index (Phi) is 3.89. The first-order valence-corrected chi connectivity index (χ1v) is 4.84. The molecule has 0 heterocycles. The van der Waals surface area contributed by atoms with Crippen LogP contribution in [0.4, 0.5) is 0 Å². The van der Waals surface area contributed by atoms with Crippen molar-refractivity contribution in [2.75, 3.05) is 0 Å². The molecule has 0 aromatic heterocycles. The van der Waals surface area contributed by atoms with Crippen molar-refractivity contribution in [1.82, 2.24) is 0 Å². The molecule has 0 N–H and O–H groups in total. The van der Waals surface area contributed by atoms with Gasteiger partial charge in [0.05, 0.1) is 0 Å². The molecule has 0 fully saturated rings. The quantitative estimate of drug-likeness (QED) is 0.725. The van der Waals surface area contributed by atoms with Crippen LogP contribution in [-0.2, 0) is 26.2 Å². The first-order valence-electron chi connectivity index (χ1n) is 4.84. The van der Waals surface area contributed by atoms with Gasteiger partial charge in [0.25, 0.3) is 0 Å². The summed E-state index contributed by atoms with van der Waals surface area (Å²) >= 11 is 0. The zero-order valence-electron chi connectivity index (χ0n) is 8.96. The van der Waals surface area contributed by atoms with Crippen LogP contribution in [0, 0.1) is 19.3 Å². The second-order valence-corrected chi connectivity index (χ2v) is 4.02. The molecule has 1 aromatic carbocycles. The first-order chi connectivity index (χ1) is 6.18. The van der Waals surface area contributed by atoms with E-state index in [-0.39, 0.29) is 26.2 Å². The van der Waals surface area contributed by atoms with Gasteiger partial charge in [0, 0.05) is 32.6 Å². The normalized spacial score (nSPS) is 13.6. The van der Waals surface area contributed by atoms with Gasteiger partial charge in [-0.05, 0) is 29.5 Å². The predicted octanol–water partition coefficient (Wildman–Crippen LogP) is 3.60. The summed E-state index contributed by atoms with van der Waals surface area (Å²) in [5, 5.41) is 0. The van der Waals surface area contributed by atoms with E-state index >= 15 is 0 Å². The van der Waals surface area contributed by atoms with Crippen LogP contribution < -0.4 is 0 Å². The standard InChI is InChI=1S/C13H15.Zr/c1-9(2)12-7-11-6-4-5-10(3)13(11)8-12;/h4-9H,1-3H3;. The molecule has 0 amide bonds. The largest absolute Gasteiger partial charge is 0.0617 e. The molecule has 0 aliphatic heterocycles. The molecule has 0 bridgehead atoms. The molecule has 0 unspecified atom stereocenters. The molecule has 1 radical (unpaired) electrons. The molecule has 1 aromatic rings. The van der Waals surface area contributed by atoms with Crippen LogP contribution in [0.25, 0.3) is 6.08 Å². The molecule has 1 aliphatic rings. The van der Waals surface area contributed by atoms with E-state index in [9.17, 15) is 0 Å². The molecular weight excluding hydrogens is 247 g/mol. The van der Waals surface area contributed by atoms with Crippen molar-refractivity contribution in [2.45, 2.75) is 20.8 Å². The van der Waals surface area contributed by atoms with Gasteiger partial charge in [0.2, 0.25) is 0 Å². The second kappa shape index (κ2) is 4.57. The predicted molar refractivity (Wildman–Crippen MR) is 57.4 cm³/mol. The third-order valence-electron chi connectivity index (χ3n) is 2.66. The maximum atomic E-state index is 2.31. The maximum absolute atomic E-state index is 2.31. The number of hydrogen-bond acceptors (Lipinski definition) is 0. The zero-order chi connectivity index (χ0) is 9.42. The van der Waals surface area contributed by atoms with Crippen LogP contribution in [0.2, 0.25) is 0 Å². The average molecular weight is 262 g/mol. The minimum Gasteiger partial charge on any atom is -0.0617 e. The Labute approximate surface area is 106 Å². The summed E-state index contributed by atoms with van der Waals surface area (Å²) in [6.07, 6.45) is 4.61. The maximum Gasteiger partial charge on any atom is 0.0167 e. The van der Waals surface area contributed by atoms with E-state index in [1.165, 1.54) is 22.3 Å². The molecule has 0 nitrogen and oxygen atoms in total. The summed E-state index contributed by atoms with van der Waals surface area (Å²) in [4.78, 5) is 0. The Morgan fingerprint density at radius 3 is 2.43 bits per heavy atom. The second-order valence-electron chi connectivity index (χ2n) is 4.02. The number of hydrogen-bond donors (Lipinski definition) is 0. The molecule has 0 saturated carbocycles. The molecule has 2 rings (SSSR count). The van der Waals surface area contributed by atoms with Gasteiger partial charge in [-0.15, -0.1) is 0 Å². The third kappa shape index (κ3) is 2.08. The van der Waals surface area contributed by atoms with Crippen molar-refractivity contribution < 1.29 is 26.2 Å². The van der Waals surface area contributed by atoms with E-state index < -0.39 is 0 Å². The number of fused-ring (bicyclic) bond motifs is 1. The molecular formula is C13H15Zr. The van der Waals surface area contributed by atoms with Gasteiger partial charge in [0.1, 0.15) is 0 Å². The van der Waals surface area contributed by atoms with E-state index in [0.29, 0.717) is 5.92 Å². The van der Waals surface area contributed by atoms with Crippen molar-refractivity contribution >= 4 is 6.08 Å².